The van der Waals surface area contributed by atoms with Crippen molar-refractivity contribution >= 4 is 17.6 Å². The van der Waals surface area contributed by atoms with E-state index >= 15 is 0 Å². The van der Waals surface area contributed by atoms with Gasteiger partial charge in [-0.3, -0.25) is 4.79 Å². The average molecular weight is 284 g/mol. The second-order valence-electron chi connectivity index (χ2n) is 4.56. The number of amides is 1. The summed E-state index contributed by atoms with van der Waals surface area (Å²) >= 11 is 0. The van der Waals surface area contributed by atoms with Crippen LogP contribution in [-0.4, -0.2) is 32.1 Å². The Morgan fingerprint density at radius 1 is 1.50 bits per heavy atom. The van der Waals surface area contributed by atoms with Crippen LogP contribution in [0.2, 0.25) is 0 Å². The van der Waals surface area contributed by atoms with Crippen molar-refractivity contribution in [2.24, 2.45) is 11.7 Å². The first-order valence-electron chi connectivity index (χ1n) is 6.06. The maximum Gasteiger partial charge on any atom is 0.343 e. The van der Waals surface area contributed by atoms with Crippen molar-refractivity contribution in [2.75, 3.05) is 25.1 Å². The number of carbonyl (C=O) groups is 2. The quantitative estimate of drug-likeness (QED) is 0.842. The Balaban J connectivity index is 2.44. The van der Waals surface area contributed by atoms with Crippen LogP contribution < -0.4 is 10.6 Å². The van der Waals surface area contributed by atoms with Gasteiger partial charge in [0.15, 0.2) is 5.82 Å². The van der Waals surface area contributed by atoms with E-state index in [1.165, 1.54) is 4.90 Å². The Kier molecular flexibility index (Phi) is 3.99. The van der Waals surface area contributed by atoms with E-state index in [0.29, 0.717) is 6.54 Å². The molecule has 108 valence electrons. The SMILES string of the molecule is COC(=O)c1c(F)ccc(N2CC(CN)CC2=O)c1F. The Morgan fingerprint density at radius 3 is 2.75 bits per heavy atom. The number of rotatable bonds is 3. The number of benzene rings is 1. The van der Waals surface area contributed by atoms with Crippen molar-refractivity contribution in [3.8, 4) is 0 Å². The van der Waals surface area contributed by atoms with E-state index in [9.17, 15) is 18.4 Å². The molecule has 0 aromatic heterocycles. The zero-order valence-electron chi connectivity index (χ0n) is 10.9. The summed E-state index contributed by atoms with van der Waals surface area (Å²) in [5.74, 6) is -3.62. The number of esters is 1. The minimum Gasteiger partial charge on any atom is -0.465 e. The number of nitrogens with two attached hydrogens (primary N) is 1. The third kappa shape index (κ3) is 2.36. The number of hydrogen-bond acceptors (Lipinski definition) is 4. The standard InChI is InChI=1S/C13H14F2N2O3/c1-20-13(19)11-8(14)2-3-9(12(11)15)17-6-7(5-16)4-10(17)18/h2-3,7H,4-6,16H2,1H3. The number of ether oxygens (including phenoxy) is 1. The van der Waals surface area contributed by atoms with Crippen LogP contribution in [0.4, 0.5) is 14.5 Å². The largest absolute Gasteiger partial charge is 0.465 e. The van der Waals surface area contributed by atoms with Crippen LogP contribution in [-0.2, 0) is 9.53 Å². The molecule has 0 spiro atoms. The molecule has 1 amide bonds. The molecule has 20 heavy (non-hydrogen) atoms. The van der Waals surface area contributed by atoms with Crippen molar-refractivity contribution in [1.82, 2.24) is 0 Å². The fourth-order valence-electron chi connectivity index (χ4n) is 2.21. The summed E-state index contributed by atoms with van der Waals surface area (Å²) in [5.41, 5.74) is 4.56. The van der Waals surface area contributed by atoms with Crippen LogP contribution >= 0.6 is 0 Å². The molecule has 5 nitrogen and oxygen atoms in total. The lowest BCUT2D eigenvalue weighted by molar-refractivity contribution is -0.117. The summed E-state index contributed by atoms with van der Waals surface area (Å²) in [6.07, 6.45) is 0.209. The molecule has 1 aliphatic rings. The van der Waals surface area contributed by atoms with E-state index in [4.69, 9.17) is 5.73 Å². The van der Waals surface area contributed by atoms with Crippen LogP contribution in [0.25, 0.3) is 0 Å². The van der Waals surface area contributed by atoms with Crippen LogP contribution in [0.15, 0.2) is 12.1 Å². The van der Waals surface area contributed by atoms with Gasteiger partial charge in [-0.1, -0.05) is 0 Å². The summed E-state index contributed by atoms with van der Waals surface area (Å²) in [4.78, 5) is 24.4. The fourth-order valence-corrected chi connectivity index (χ4v) is 2.21. The Bertz CT molecular complexity index is 563. The number of nitrogens with zero attached hydrogens (tertiary/aromatic N) is 1. The summed E-state index contributed by atoms with van der Waals surface area (Å²) < 4.78 is 32.1. The van der Waals surface area contributed by atoms with Crippen LogP contribution in [0.1, 0.15) is 16.8 Å². The predicted molar refractivity (Wildman–Crippen MR) is 67.2 cm³/mol. The van der Waals surface area contributed by atoms with E-state index in [-0.39, 0.29) is 30.5 Å². The first kappa shape index (κ1) is 14.4. The van der Waals surface area contributed by atoms with Gasteiger partial charge in [-0.2, -0.15) is 0 Å². The van der Waals surface area contributed by atoms with E-state index in [1.807, 2.05) is 0 Å². The highest BCUT2D eigenvalue weighted by atomic mass is 19.1. The zero-order chi connectivity index (χ0) is 14.9. The Hall–Kier alpha value is -2.02. The van der Waals surface area contributed by atoms with Gasteiger partial charge in [0.25, 0.3) is 0 Å². The summed E-state index contributed by atoms with van der Waals surface area (Å²) in [5, 5.41) is 0. The molecule has 0 aliphatic carbocycles. The zero-order valence-corrected chi connectivity index (χ0v) is 10.9. The highest BCUT2D eigenvalue weighted by Crippen LogP contribution is 2.30. The number of halogens is 2. The first-order valence-corrected chi connectivity index (χ1v) is 6.06. The molecular formula is C13H14F2N2O3. The third-order valence-electron chi connectivity index (χ3n) is 3.29. The van der Waals surface area contributed by atoms with E-state index in [1.54, 1.807) is 0 Å². The van der Waals surface area contributed by atoms with Gasteiger partial charge in [-0.15, -0.1) is 0 Å². The van der Waals surface area contributed by atoms with Crippen LogP contribution in [0.5, 0.6) is 0 Å². The van der Waals surface area contributed by atoms with Gasteiger partial charge in [0.1, 0.15) is 11.4 Å². The fraction of sp³-hybridized carbons (Fsp3) is 0.385. The molecule has 2 N–H and O–H groups in total. The third-order valence-corrected chi connectivity index (χ3v) is 3.29. The minimum absolute atomic E-state index is 0.0754. The van der Waals surface area contributed by atoms with Gasteiger partial charge in [-0.05, 0) is 24.6 Å². The molecule has 1 fully saturated rings. The lowest BCUT2D eigenvalue weighted by Crippen LogP contribution is -2.27. The van der Waals surface area contributed by atoms with Crippen molar-refractivity contribution in [2.45, 2.75) is 6.42 Å². The first-order chi connectivity index (χ1) is 9.49. The maximum atomic E-state index is 14.3. The highest BCUT2D eigenvalue weighted by Gasteiger charge is 2.33. The van der Waals surface area contributed by atoms with Crippen LogP contribution in [0.3, 0.4) is 0 Å². The number of hydrogen-bond donors (Lipinski definition) is 1. The number of methoxy groups -OCH3 is 1. The number of anilines is 1. The second kappa shape index (κ2) is 5.54. The molecule has 7 heteroatoms. The normalized spacial score (nSPS) is 18.5. The molecular weight excluding hydrogens is 270 g/mol. The Labute approximate surface area is 114 Å². The van der Waals surface area contributed by atoms with Crippen molar-refractivity contribution in [3.05, 3.63) is 29.3 Å². The minimum atomic E-state index is -1.12. The molecule has 1 aromatic rings. The van der Waals surface area contributed by atoms with Crippen molar-refractivity contribution < 1.29 is 23.1 Å². The maximum absolute atomic E-state index is 14.3. The van der Waals surface area contributed by atoms with Gasteiger partial charge in [-0.25, -0.2) is 13.6 Å². The molecule has 1 atom stereocenters. The topological polar surface area (TPSA) is 72.6 Å². The number of carbonyl (C=O) groups excluding carboxylic acids is 2. The summed E-state index contributed by atoms with van der Waals surface area (Å²) in [7, 11) is 1.03. The van der Waals surface area contributed by atoms with E-state index in [0.717, 1.165) is 19.2 Å². The van der Waals surface area contributed by atoms with E-state index < -0.39 is 23.2 Å². The smallest absolute Gasteiger partial charge is 0.343 e. The van der Waals surface area contributed by atoms with Crippen LogP contribution in [0, 0.1) is 17.6 Å². The van der Waals surface area contributed by atoms with Gasteiger partial charge < -0.3 is 15.4 Å². The molecule has 0 saturated carbocycles. The van der Waals surface area contributed by atoms with Gasteiger partial charge in [0.05, 0.1) is 12.8 Å². The van der Waals surface area contributed by atoms with Gasteiger partial charge in [0.2, 0.25) is 5.91 Å². The summed E-state index contributed by atoms with van der Waals surface area (Å²) in [6, 6.07) is 2.07. The molecule has 1 aliphatic heterocycles. The van der Waals surface area contributed by atoms with Gasteiger partial charge >= 0.3 is 5.97 Å². The lowest BCUT2D eigenvalue weighted by atomic mass is 10.1. The molecule has 1 aromatic carbocycles. The van der Waals surface area contributed by atoms with Crippen molar-refractivity contribution in [1.29, 1.82) is 0 Å². The molecule has 0 radical (unpaired) electrons. The molecule has 1 heterocycles. The van der Waals surface area contributed by atoms with E-state index in [2.05, 4.69) is 4.74 Å². The molecule has 1 saturated heterocycles. The monoisotopic (exact) mass is 284 g/mol. The molecule has 1 unspecified atom stereocenters. The molecule has 2 rings (SSSR count). The Morgan fingerprint density at radius 2 is 2.20 bits per heavy atom. The second-order valence-corrected chi connectivity index (χ2v) is 4.56. The predicted octanol–water partition coefficient (Wildman–Crippen LogP) is 1.06. The van der Waals surface area contributed by atoms with Crippen molar-refractivity contribution in [3.63, 3.8) is 0 Å². The lowest BCUT2D eigenvalue weighted by Gasteiger charge is -2.18. The average Bonchev–Trinajstić information content (AvgIpc) is 2.80. The highest BCUT2D eigenvalue weighted by molar-refractivity contribution is 5.98. The van der Waals surface area contributed by atoms with Gasteiger partial charge in [0, 0.05) is 13.0 Å². The molecule has 0 bridgehead atoms. The summed E-state index contributed by atoms with van der Waals surface area (Å²) in [6.45, 7) is 0.549.